The lowest BCUT2D eigenvalue weighted by Crippen LogP contribution is -2.46. The third-order valence-corrected chi connectivity index (χ3v) is 8.16. The fraction of sp³-hybridized carbons (Fsp3) is 0.321. The van der Waals surface area contributed by atoms with E-state index in [0.29, 0.717) is 16.9 Å². The molecular formula is C28H24FN3O7. The average Bonchev–Trinajstić information content (AvgIpc) is 3.63. The number of furan rings is 1. The molecule has 0 aliphatic carbocycles. The Kier molecular flexibility index (Phi) is 5.39. The molecule has 2 fully saturated rings. The molecule has 39 heavy (non-hydrogen) atoms. The highest BCUT2D eigenvalue weighted by molar-refractivity contribution is 6.11. The van der Waals surface area contributed by atoms with Crippen LogP contribution in [0.2, 0.25) is 0 Å². The van der Waals surface area contributed by atoms with Crippen LogP contribution in [0, 0.1) is 5.82 Å². The van der Waals surface area contributed by atoms with E-state index >= 15 is 4.39 Å². The summed E-state index contributed by atoms with van der Waals surface area (Å²) in [6, 6.07) is 9.32. The number of carbonyl (C=O) groups is 5. The molecule has 6 rings (SSSR count). The van der Waals surface area contributed by atoms with Gasteiger partial charge in [-0.1, -0.05) is 13.0 Å². The van der Waals surface area contributed by atoms with Gasteiger partial charge in [-0.05, 0) is 47.9 Å². The molecule has 3 aliphatic heterocycles. The highest BCUT2D eigenvalue weighted by Crippen LogP contribution is 2.42. The Labute approximate surface area is 221 Å². The van der Waals surface area contributed by atoms with E-state index in [9.17, 15) is 24.0 Å². The van der Waals surface area contributed by atoms with Crippen molar-refractivity contribution in [3.05, 3.63) is 64.7 Å². The van der Waals surface area contributed by atoms with E-state index in [1.165, 1.54) is 18.1 Å². The zero-order valence-corrected chi connectivity index (χ0v) is 21.2. The Morgan fingerprint density at radius 2 is 1.67 bits per heavy atom. The van der Waals surface area contributed by atoms with Crippen LogP contribution in [0.15, 0.2) is 40.8 Å². The highest BCUT2D eigenvalue weighted by Gasteiger charge is 2.53. The number of hydrogen-bond donors (Lipinski definition) is 2. The number of imide groups is 2. The molecule has 10 nitrogen and oxygen atoms in total. The lowest BCUT2D eigenvalue weighted by Gasteiger charge is -2.28. The van der Waals surface area contributed by atoms with Crippen molar-refractivity contribution in [1.29, 1.82) is 0 Å². The first kappa shape index (κ1) is 24.8. The van der Waals surface area contributed by atoms with Gasteiger partial charge in [0.2, 0.25) is 23.6 Å². The summed E-state index contributed by atoms with van der Waals surface area (Å²) < 4.78 is 26.5. The molecule has 0 radical (unpaired) electrons. The van der Waals surface area contributed by atoms with Gasteiger partial charge in [0.1, 0.15) is 16.9 Å². The van der Waals surface area contributed by atoms with E-state index in [1.54, 1.807) is 31.2 Å². The predicted octanol–water partition coefficient (Wildman–Crippen LogP) is 2.22. The minimum absolute atomic E-state index is 0.0238. The molecule has 0 spiro atoms. The summed E-state index contributed by atoms with van der Waals surface area (Å²) >= 11 is 0. The first-order valence-corrected chi connectivity index (χ1v) is 12.5. The molecule has 2 N–H and O–H groups in total. The average molecular weight is 534 g/mol. The van der Waals surface area contributed by atoms with Gasteiger partial charge in [-0.2, -0.15) is 0 Å². The minimum Gasteiger partial charge on any atom is -0.497 e. The maximum atomic E-state index is 15.4. The van der Waals surface area contributed by atoms with E-state index in [2.05, 4.69) is 10.6 Å². The number of methoxy groups -OCH3 is 1. The number of halogens is 1. The minimum atomic E-state index is -1.59. The van der Waals surface area contributed by atoms with Gasteiger partial charge in [-0.3, -0.25) is 34.6 Å². The van der Waals surface area contributed by atoms with E-state index < -0.39 is 40.3 Å². The molecule has 2 aromatic carbocycles. The third-order valence-electron chi connectivity index (χ3n) is 8.16. The SMILES string of the molecule is CCC1(c2cc(F)c3oc([C@]4(CN5Cc6ccc(OC)cc6C5=O)CC(=O)NC4=O)cc3c2)CC(=O)NC1=O. The van der Waals surface area contributed by atoms with E-state index in [-0.39, 0.29) is 55.0 Å². The monoisotopic (exact) mass is 533 g/mol. The second-order valence-electron chi connectivity index (χ2n) is 10.3. The van der Waals surface area contributed by atoms with Crippen molar-refractivity contribution in [2.24, 2.45) is 0 Å². The van der Waals surface area contributed by atoms with Gasteiger partial charge >= 0.3 is 0 Å². The number of carbonyl (C=O) groups excluding carboxylic acids is 5. The fourth-order valence-corrected chi connectivity index (χ4v) is 5.96. The van der Waals surface area contributed by atoms with Crippen LogP contribution >= 0.6 is 0 Å². The second-order valence-corrected chi connectivity index (χ2v) is 10.3. The van der Waals surface area contributed by atoms with Crippen molar-refractivity contribution >= 4 is 40.5 Å². The van der Waals surface area contributed by atoms with Gasteiger partial charge in [0.15, 0.2) is 11.4 Å². The summed E-state index contributed by atoms with van der Waals surface area (Å²) in [6.45, 7) is 1.78. The van der Waals surface area contributed by atoms with Crippen LogP contribution in [0.25, 0.3) is 11.0 Å². The van der Waals surface area contributed by atoms with Gasteiger partial charge in [0, 0.05) is 30.5 Å². The normalized spacial score (nSPS) is 24.5. The molecular weight excluding hydrogens is 509 g/mol. The number of rotatable bonds is 6. The highest BCUT2D eigenvalue weighted by atomic mass is 19.1. The lowest BCUT2D eigenvalue weighted by molar-refractivity contribution is -0.128. The van der Waals surface area contributed by atoms with Crippen LogP contribution in [-0.4, -0.2) is 48.1 Å². The molecule has 3 aliphatic rings. The van der Waals surface area contributed by atoms with Gasteiger partial charge in [0.05, 0.1) is 18.9 Å². The molecule has 0 saturated carbocycles. The Morgan fingerprint density at radius 3 is 2.28 bits per heavy atom. The summed E-state index contributed by atoms with van der Waals surface area (Å²) in [7, 11) is 1.49. The number of hydrogen-bond acceptors (Lipinski definition) is 7. The molecule has 1 aromatic heterocycles. The summed E-state index contributed by atoms with van der Waals surface area (Å²) in [5.41, 5.74) is -1.48. The zero-order chi connectivity index (χ0) is 27.7. The smallest absolute Gasteiger partial charge is 0.254 e. The van der Waals surface area contributed by atoms with Crippen LogP contribution in [0.4, 0.5) is 4.39 Å². The van der Waals surface area contributed by atoms with Crippen molar-refractivity contribution in [3.8, 4) is 5.75 Å². The Bertz CT molecular complexity index is 1630. The van der Waals surface area contributed by atoms with Crippen molar-refractivity contribution in [3.63, 3.8) is 0 Å². The van der Waals surface area contributed by atoms with E-state index in [1.807, 2.05) is 0 Å². The summed E-state index contributed by atoms with van der Waals surface area (Å²) in [5, 5.41) is 4.86. The topological polar surface area (TPSA) is 135 Å². The van der Waals surface area contributed by atoms with Crippen molar-refractivity contribution in [2.75, 3.05) is 13.7 Å². The van der Waals surface area contributed by atoms with Crippen molar-refractivity contribution in [1.82, 2.24) is 15.5 Å². The second kappa shape index (κ2) is 8.48. The molecule has 3 aromatic rings. The van der Waals surface area contributed by atoms with E-state index in [0.717, 1.165) is 11.6 Å². The maximum Gasteiger partial charge on any atom is 0.254 e. The lowest BCUT2D eigenvalue weighted by atomic mass is 9.76. The Morgan fingerprint density at radius 1 is 0.974 bits per heavy atom. The van der Waals surface area contributed by atoms with Crippen LogP contribution in [0.5, 0.6) is 5.75 Å². The number of amides is 5. The zero-order valence-electron chi connectivity index (χ0n) is 21.2. The molecule has 2 saturated heterocycles. The predicted molar refractivity (Wildman–Crippen MR) is 133 cm³/mol. The largest absolute Gasteiger partial charge is 0.497 e. The van der Waals surface area contributed by atoms with Gasteiger partial charge in [-0.15, -0.1) is 0 Å². The molecule has 5 amide bonds. The summed E-state index contributed by atoms with van der Waals surface area (Å²) in [4.78, 5) is 65.0. The molecule has 4 heterocycles. The van der Waals surface area contributed by atoms with Gasteiger partial charge < -0.3 is 14.1 Å². The van der Waals surface area contributed by atoms with E-state index in [4.69, 9.17) is 9.15 Å². The first-order chi connectivity index (χ1) is 18.6. The number of fused-ring (bicyclic) bond motifs is 2. The third kappa shape index (κ3) is 3.56. The number of nitrogens with zero attached hydrogens (tertiary/aromatic N) is 1. The van der Waals surface area contributed by atoms with Crippen molar-refractivity contribution in [2.45, 2.75) is 43.6 Å². The Hall–Kier alpha value is -4.54. The number of ether oxygens (including phenoxy) is 1. The van der Waals surface area contributed by atoms with Crippen molar-refractivity contribution < 1.29 is 37.5 Å². The van der Waals surface area contributed by atoms with Crippen LogP contribution < -0.4 is 15.4 Å². The fourth-order valence-electron chi connectivity index (χ4n) is 5.96. The number of benzene rings is 2. The van der Waals surface area contributed by atoms with Crippen LogP contribution in [0.1, 0.15) is 53.4 Å². The number of nitrogens with one attached hydrogen (secondary N) is 2. The maximum absolute atomic E-state index is 15.4. The standard InChI is InChI=1S/C28H24FN3O7/c1-3-27(10-21(33)30-25(27)36)16-6-15-7-20(39-23(15)19(29)8-16)28(11-22(34)31-26(28)37)13-32-12-14-4-5-17(38-2)9-18(14)24(32)35/h4-9H,3,10-13H2,1-2H3,(H,30,33,36)(H,31,34,37)/t27?,28-/m1/s1. The summed E-state index contributed by atoms with van der Waals surface area (Å²) in [5.74, 6) is -2.71. The van der Waals surface area contributed by atoms with Crippen LogP contribution in [0.3, 0.4) is 0 Å². The Balaban J connectivity index is 1.42. The molecule has 2 atom stereocenters. The molecule has 0 bridgehead atoms. The molecule has 11 heteroatoms. The van der Waals surface area contributed by atoms with Crippen LogP contribution in [-0.2, 0) is 36.6 Å². The quantitative estimate of drug-likeness (QED) is 0.464. The first-order valence-electron chi connectivity index (χ1n) is 12.5. The van der Waals surface area contributed by atoms with Gasteiger partial charge in [-0.25, -0.2) is 4.39 Å². The van der Waals surface area contributed by atoms with Gasteiger partial charge in [0.25, 0.3) is 5.91 Å². The molecule has 200 valence electrons. The summed E-state index contributed by atoms with van der Waals surface area (Å²) in [6.07, 6.45) is -0.135. The molecule has 1 unspecified atom stereocenters.